The van der Waals surface area contributed by atoms with Crippen molar-refractivity contribution in [1.29, 1.82) is 0 Å². The molecule has 0 saturated heterocycles. The second-order valence-electron chi connectivity index (χ2n) is 6.08. The first-order chi connectivity index (χ1) is 12.2. The van der Waals surface area contributed by atoms with Crippen LogP contribution in [0.3, 0.4) is 0 Å². The van der Waals surface area contributed by atoms with Crippen molar-refractivity contribution >= 4 is 11.9 Å². The summed E-state index contributed by atoms with van der Waals surface area (Å²) < 4.78 is 5.15. The predicted octanol–water partition coefficient (Wildman–Crippen LogP) is -2.74. The number of ether oxygens (including phenoxy) is 1. The molecule has 8 N–H and O–H groups in total. The van der Waals surface area contributed by atoms with Crippen molar-refractivity contribution in [2.75, 3.05) is 52.9 Å². The zero-order valence-electron chi connectivity index (χ0n) is 14.6. The standard InChI is InChI=1S/C10H22O7.C5H8O4/c11-1-9(2-12,3-13)7-17-8-10(4-14,5-15)6-16;6-4(7)2-1-3-5(8)9/h11-16H,1-8H2;1-3H2,(H,6,7)(H,8,9). The SMILES string of the molecule is O=C(O)CCCC(=O)O.OCC(CO)(CO)COCC(CO)(CO)CO. The molecule has 0 radical (unpaired) electrons. The normalized spacial score (nSPS) is 11.6. The molecule has 0 aliphatic rings. The lowest BCUT2D eigenvalue weighted by atomic mass is 9.91. The molecule has 0 aromatic rings. The van der Waals surface area contributed by atoms with Crippen LogP contribution in [0.25, 0.3) is 0 Å². The number of aliphatic hydroxyl groups is 6. The van der Waals surface area contributed by atoms with Crippen molar-refractivity contribution in [2.24, 2.45) is 10.8 Å². The number of hydrogen-bond acceptors (Lipinski definition) is 9. The fraction of sp³-hybridized carbons (Fsp3) is 0.867. The van der Waals surface area contributed by atoms with Crippen LogP contribution in [0.1, 0.15) is 19.3 Å². The minimum atomic E-state index is -1.16. The Morgan fingerprint density at radius 1 is 0.615 bits per heavy atom. The molecule has 0 amide bonds. The van der Waals surface area contributed by atoms with E-state index < -0.39 is 62.4 Å². The number of carboxylic acid groups (broad SMARTS) is 2. The Labute approximate surface area is 151 Å². The number of hydrogen-bond donors (Lipinski definition) is 8. The van der Waals surface area contributed by atoms with E-state index in [2.05, 4.69) is 0 Å². The average Bonchev–Trinajstić information content (AvgIpc) is 2.63. The molecule has 0 rings (SSSR count). The maximum absolute atomic E-state index is 9.79. The Morgan fingerprint density at radius 2 is 0.885 bits per heavy atom. The van der Waals surface area contributed by atoms with E-state index in [9.17, 15) is 9.59 Å². The highest BCUT2D eigenvalue weighted by Gasteiger charge is 2.32. The van der Waals surface area contributed by atoms with E-state index in [-0.39, 0.29) is 32.5 Å². The Balaban J connectivity index is 0. The molecule has 0 spiro atoms. The van der Waals surface area contributed by atoms with Gasteiger partial charge in [-0.25, -0.2) is 0 Å². The molecule has 26 heavy (non-hydrogen) atoms. The van der Waals surface area contributed by atoms with Crippen molar-refractivity contribution < 1.29 is 55.2 Å². The molecule has 0 bridgehead atoms. The lowest BCUT2D eigenvalue weighted by Crippen LogP contribution is -2.43. The van der Waals surface area contributed by atoms with Crippen molar-refractivity contribution in [3.05, 3.63) is 0 Å². The maximum Gasteiger partial charge on any atom is 0.303 e. The van der Waals surface area contributed by atoms with E-state index in [0.717, 1.165) is 0 Å². The molecule has 0 saturated carbocycles. The number of carboxylic acids is 2. The highest BCUT2D eigenvalue weighted by Crippen LogP contribution is 2.19. The second kappa shape index (κ2) is 14.8. The van der Waals surface area contributed by atoms with Gasteiger partial charge in [0.25, 0.3) is 0 Å². The Hall–Kier alpha value is -1.34. The lowest BCUT2D eigenvalue weighted by molar-refractivity contribution is -0.138. The van der Waals surface area contributed by atoms with Gasteiger partial charge >= 0.3 is 11.9 Å². The number of carbonyl (C=O) groups is 2. The minimum absolute atomic E-state index is 0.0632. The maximum atomic E-state index is 9.79. The Kier molecular flexibility index (Phi) is 15.3. The smallest absolute Gasteiger partial charge is 0.303 e. The summed E-state index contributed by atoms with van der Waals surface area (Å²) in [6.07, 6.45) is 0.0866. The van der Waals surface area contributed by atoms with Crippen LogP contribution >= 0.6 is 0 Å². The average molecular weight is 386 g/mol. The summed E-state index contributed by atoms with van der Waals surface area (Å²) in [4.78, 5) is 19.6. The molecular weight excluding hydrogens is 356 g/mol. The summed E-state index contributed by atoms with van der Waals surface area (Å²) in [5, 5.41) is 70.2. The Bertz CT molecular complexity index is 327. The van der Waals surface area contributed by atoms with Gasteiger partial charge in [-0.05, 0) is 6.42 Å². The van der Waals surface area contributed by atoms with Gasteiger partial charge in [-0.15, -0.1) is 0 Å². The van der Waals surface area contributed by atoms with Crippen LogP contribution in [-0.2, 0) is 14.3 Å². The van der Waals surface area contributed by atoms with Crippen LogP contribution in [0.4, 0.5) is 0 Å². The summed E-state index contributed by atoms with van der Waals surface area (Å²) in [5.74, 6) is -1.90. The van der Waals surface area contributed by atoms with E-state index in [1.165, 1.54) is 0 Å². The van der Waals surface area contributed by atoms with Gasteiger partial charge in [0.15, 0.2) is 0 Å². The largest absolute Gasteiger partial charge is 0.481 e. The zero-order chi connectivity index (χ0) is 20.6. The first-order valence-corrected chi connectivity index (χ1v) is 7.87. The zero-order valence-corrected chi connectivity index (χ0v) is 14.6. The van der Waals surface area contributed by atoms with Gasteiger partial charge in [-0.3, -0.25) is 9.59 Å². The van der Waals surface area contributed by atoms with Crippen molar-refractivity contribution in [2.45, 2.75) is 19.3 Å². The van der Waals surface area contributed by atoms with E-state index in [1.54, 1.807) is 0 Å². The fourth-order valence-corrected chi connectivity index (χ4v) is 1.45. The number of rotatable bonds is 14. The molecule has 0 unspecified atom stereocenters. The molecule has 11 heteroatoms. The first kappa shape index (κ1) is 26.9. The molecule has 0 heterocycles. The quantitative estimate of drug-likeness (QED) is 0.154. The van der Waals surface area contributed by atoms with Gasteiger partial charge in [0, 0.05) is 12.8 Å². The van der Waals surface area contributed by atoms with Gasteiger partial charge in [0.05, 0.1) is 63.7 Å². The molecule has 156 valence electrons. The van der Waals surface area contributed by atoms with Crippen LogP contribution in [0.2, 0.25) is 0 Å². The first-order valence-electron chi connectivity index (χ1n) is 7.87. The van der Waals surface area contributed by atoms with Crippen molar-refractivity contribution in [3.63, 3.8) is 0 Å². The van der Waals surface area contributed by atoms with Crippen LogP contribution < -0.4 is 0 Å². The molecule has 0 aromatic heterocycles. The van der Waals surface area contributed by atoms with Crippen LogP contribution in [0, 0.1) is 10.8 Å². The van der Waals surface area contributed by atoms with E-state index in [0.29, 0.717) is 0 Å². The monoisotopic (exact) mass is 386 g/mol. The number of aliphatic hydroxyl groups excluding tert-OH is 6. The highest BCUT2D eigenvalue weighted by molar-refractivity contribution is 5.69. The van der Waals surface area contributed by atoms with E-state index >= 15 is 0 Å². The third kappa shape index (κ3) is 11.3. The molecule has 0 fully saturated rings. The third-order valence-electron chi connectivity index (χ3n) is 3.61. The van der Waals surface area contributed by atoms with E-state index in [1.807, 2.05) is 0 Å². The van der Waals surface area contributed by atoms with Gasteiger partial charge < -0.3 is 45.6 Å². The number of aliphatic carboxylic acids is 2. The minimum Gasteiger partial charge on any atom is -0.481 e. The van der Waals surface area contributed by atoms with Gasteiger partial charge in [0.2, 0.25) is 0 Å². The highest BCUT2D eigenvalue weighted by atomic mass is 16.5. The Morgan fingerprint density at radius 3 is 1.08 bits per heavy atom. The van der Waals surface area contributed by atoms with Gasteiger partial charge in [0.1, 0.15) is 0 Å². The molecule has 0 aliphatic heterocycles. The second-order valence-corrected chi connectivity index (χ2v) is 6.08. The van der Waals surface area contributed by atoms with Gasteiger partial charge in [-0.1, -0.05) is 0 Å². The molecular formula is C15H30O11. The molecule has 0 aromatic carbocycles. The molecule has 11 nitrogen and oxygen atoms in total. The van der Waals surface area contributed by atoms with Crippen LogP contribution in [-0.4, -0.2) is 106 Å². The lowest BCUT2D eigenvalue weighted by Gasteiger charge is -2.31. The summed E-state index contributed by atoms with van der Waals surface area (Å²) >= 11 is 0. The molecule has 0 atom stereocenters. The third-order valence-corrected chi connectivity index (χ3v) is 3.61. The van der Waals surface area contributed by atoms with Crippen molar-refractivity contribution in [3.8, 4) is 0 Å². The van der Waals surface area contributed by atoms with Crippen LogP contribution in [0.5, 0.6) is 0 Å². The summed E-state index contributed by atoms with van der Waals surface area (Å²) in [7, 11) is 0. The summed E-state index contributed by atoms with van der Waals surface area (Å²) in [6, 6.07) is 0. The van der Waals surface area contributed by atoms with Gasteiger partial charge in [-0.2, -0.15) is 0 Å². The van der Waals surface area contributed by atoms with E-state index in [4.69, 9.17) is 45.6 Å². The van der Waals surface area contributed by atoms with Crippen LogP contribution in [0.15, 0.2) is 0 Å². The summed E-state index contributed by atoms with van der Waals surface area (Å²) in [6.45, 7) is -3.01. The molecule has 0 aliphatic carbocycles. The predicted molar refractivity (Wildman–Crippen MR) is 87.3 cm³/mol. The fourth-order valence-electron chi connectivity index (χ4n) is 1.45. The van der Waals surface area contributed by atoms with Crippen molar-refractivity contribution in [1.82, 2.24) is 0 Å². The topological polar surface area (TPSA) is 205 Å². The summed E-state index contributed by atoms with van der Waals surface area (Å²) in [5.41, 5.74) is -2.32.